The smallest absolute Gasteiger partial charge is 0.389 e. The van der Waals surface area contributed by atoms with Gasteiger partial charge in [-0.2, -0.15) is 13.2 Å². The molecular weight excluding hydrogens is 323 g/mol. The number of benzene rings is 1. The summed E-state index contributed by atoms with van der Waals surface area (Å²) in [6.45, 7) is 3.72. The van der Waals surface area contributed by atoms with Gasteiger partial charge in [0.25, 0.3) is 0 Å². The lowest BCUT2D eigenvalue weighted by atomic mass is 10.2. The molecule has 0 aliphatic rings. The van der Waals surface area contributed by atoms with Gasteiger partial charge in [-0.05, 0) is 46.6 Å². The molecule has 0 unspecified atom stereocenters. The molecule has 1 aromatic carbocycles. The van der Waals surface area contributed by atoms with Crippen LogP contribution in [-0.2, 0) is 6.54 Å². The largest absolute Gasteiger partial charge is 0.492 e. The molecule has 0 fully saturated rings. The van der Waals surface area contributed by atoms with E-state index in [-0.39, 0.29) is 13.0 Å². The van der Waals surface area contributed by atoms with Gasteiger partial charge in [-0.15, -0.1) is 0 Å². The summed E-state index contributed by atoms with van der Waals surface area (Å²) >= 11 is 3.36. The minimum Gasteiger partial charge on any atom is -0.492 e. The van der Waals surface area contributed by atoms with Crippen molar-refractivity contribution in [1.29, 1.82) is 0 Å². The summed E-state index contributed by atoms with van der Waals surface area (Å²) in [5.41, 5.74) is 1.09. The molecular formula is C13H17BrF3NO. The zero-order chi connectivity index (χ0) is 14.3. The standard InChI is InChI=1S/C13H17BrF3NO/c1-2-18-9-10-4-5-12(11(14)8-10)19-7-3-6-13(15,16)17/h4-5,8,18H,2-3,6-7,9H2,1H3. The first kappa shape index (κ1) is 16.3. The molecule has 0 spiro atoms. The normalized spacial score (nSPS) is 11.6. The van der Waals surface area contributed by atoms with E-state index in [4.69, 9.17) is 4.74 Å². The van der Waals surface area contributed by atoms with Crippen LogP contribution in [0.4, 0.5) is 13.2 Å². The zero-order valence-corrected chi connectivity index (χ0v) is 12.3. The number of halogens is 4. The van der Waals surface area contributed by atoms with Crippen molar-refractivity contribution in [3.05, 3.63) is 28.2 Å². The summed E-state index contributed by atoms with van der Waals surface area (Å²) < 4.78 is 42.0. The topological polar surface area (TPSA) is 21.3 Å². The van der Waals surface area contributed by atoms with E-state index in [0.29, 0.717) is 5.75 Å². The number of alkyl halides is 3. The predicted octanol–water partition coefficient (Wildman–Crippen LogP) is 4.28. The lowest BCUT2D eigenvalue weighted by molar-refractivity contribution is -0.136. The van der Waals surface area contributed by atoms with Crippen molar-refractivity contribution < 1.29 is 17.9 Å². The van der Waals surface area contributed by atoms with Gasteiger partial charge in [0.1, 0.15) is 5.75 Å². The van der Waals surface area contributed by atoms with Gasteiger partial charge in [-0.3, -0.25) is 0 Å². The molecule has 6 heteroatoms. The molecule has 108 valence electrons. The average molecular weight is 340 g/mol. The Morgan fingerprint density at radius 1 is 1.32 bits per heavy atom. The molecule has 2 nitrogen and oxygen atoms in total. The van der Waals surface area contributed by atoms with Crippen LogP contribution < -0.4 is 10.1 Å². The third-order valence-corrected chi connectivity index (χ3v) is 3.06. The fraction of sp³-hybridized carbons (Fsp3) is 0.538. The summed E-state index contributed by atoms with van der Waals surface area (Å²) in [5, 5.41) is 3.19. The lowest BCUT2D eigenvalue weighted by Gasteiger charge is -2.11. The van der Waals surface area contributed by atoms with Crippen LogP contribution in [0.5, 0.6) is 5.75 Å². The van der Waals surface area contributed by atoms with Crippen molar-refractivity contribution >= 4 is 15.9 Å². The summed E-state index contributed by atoms with van der Waals surface area (Å²) in [6, 6.07) is 5.57. The van der Waals surface area contributed by atoms with Crippen LogP contribution >= 0.6 is 15.9 Å². The Balaban J connectivity index is 2.42. The molecule has 0 aliphatic heterocycles. The van der Waals surface area contributed by atoms with E-state index in [9.17, 15) is 13.2 Å². The van der Waals surface area contributed by atoms with E-state index < -0.39 is 12.6 Å². The summed E-state index contributed by atoms with van der Waals surface area (Å²) in [4.78, 5) is 0. The van der Waals surface area contributed by atoms with Gasteiger partial charge in [0.05, 0.1) is 11.1 Å². The van der Waals surface area contributed by atoms with Crippen molar-refractivity contribution in [1.82, 2.24) is 5.32 Å². The van der Waals surface area contributed by atoms with Gasteiger partial charge < -0.3 is 10.1 Å². The maximum Gasteiger partial charge on any atom is 0.389 e. The molecule has 0 aromatic heterocycles. The number of hydrogen-bond donors (Lipinski definition) is 1. The number of nitrogens with one attached hydrogen (secondary N) is 1. The first-order valence-corrected chi connectivity index (χ1v) is 6.90. The van der Waals surface area contributed by atoms with Crippen molar-refractivity contribution in [2.75, 3.05) is 13.2 Å². The molecule has 0 saturated carbocycles. The zero-order valence-electron chi connectivity index (χ0n) is 10.7. The van der Waals surface area contributed by atoms with E-state index >= 15 is 0 Å². The average Bonchev–Trinajstić information content (AvgIpc) is 2.32. The maximum absolute atomic E-state index is 12.0. The monoisotopic (exact) mass is 339 g/mol. The third-order valence-electron chi connectivity index (χ3n) is 2.44. The first-order valence-electron chi connectivity index (χ1n) is 6.11. The van der Waals surface area contributed by atoms with Crippen LogP contribution in [0.2, 0.25) is 0 Å². The Hall–Kier alpha value is -0.750. The Morgan fingerprint density at radius 2 is 2.05 bits per heavy atom. The summed E-state index contributed by atoms with van der Waals surface area (Å²) in [7, 11) is 0. The van der Waals surface area contributed by atoms with E-state index in [2.05, 4.69) is 21.2 Å². The minimum atomic E-state index is -4.11. The highest BCUT2D eigenvalue weighted by atomic mass is 79.9. The van der Waals surface area contributed by atoms with Crippen LogP contribution in [0.1, 0.15) is 25.3 Å². The molecule has 0 bridgehead atoms. The SMILES string of the molecule is CCNCc1ccc(OCCCC(F)(F)F)c(Br)c1. The first-order chi connectivity index (χ1) is 8.92. The lowest BCUT2D eigenvalue weighted by Crippen LogP contribution is -2.12. The van der Waals surface area contributed by atoms with Gasteiger partial charge in [0, 0.05) is 13.0 Å². The molecule has 19 heavy (non-hydrogen) atoms. The summed E-state index contributed by atoms with van der Waals surface area (Å²) in [5.74, 6) is 0.572. The Morgan fingerprint density at radius 3 is 2.63 bits per heavy atom. The van der Waals surface area contributed by atoms with Crippen LogP contribution in [-0.4, -0.2) is 19.3 Å². The molecule has 0 aliphatic carbocycles. The minimum absolute atomic E-state index is 0.0327. The maximum atomic E-state index is 12.0. The van der Waals surface area contributed by atoms with Crippen molar-refractivity contribution in [2.24, 2.45) is 0 Å². The van der Waals surface area contributed by atoms with Gasteiger partial charge in [-0.25, -0.2) is 0 Å². The van der Waals surface area contributed by atoms with Crippen molar-refractivity contribution in [3.8, 4) is 5.75 Å². The van der Waals surface area contributed by atoms with Gasteiger partial charge in [-0.1, -0.05) is 13.0 Å². The van der Waals surface area contributed by atoms with Gasteiger partial charge >= 0.3 is 6.18 Å². The molecule has 0 atom stereocenters. The van der Waals surface area contributed by atoms with Gasteiger partial charge in [0.15, 0.2) is 0 Å². The number of hydrogen-bond acceptors (Lipinski definition) is 2. The Bertz CT molecular complexity index is 396. The van der Waals surface area contributed by atoms with Gasteiger partial charge in [0.2, 0.25) is 0 Å². The van der Waals surface area contributed by atoms with Crippen LogP contribution in [0, 0.1) is 0 Å². The predicted molar refractivity (Wildman–Crippen MR) is 72.3 cm³/mol. The van der Waals surface area contributed by atoms with Crippen molar-refractivity contribution in [3.63, 3.8) is 0 Å². The second-order valence-corrected chi connectivity index (χ2v) is 4.97. The fourth-order valence-corrected chi connectivity index (χ4v) is 2.04. The second kappa shape index (κ2) is 7.75. The Labute approximate surface area is 119 Å². The summed E-state index contributed by atoms with van der Waals surface area (Å²) in [6.07, 6.45) is -4.96. The quantitative estimate of drug-likeness (QED) is 0.748. The highest BCUT2D eigenvalue weighted by Crippen LogP contribution is 2.27. The Kier molecular flexibility index (Phi) is 6.65. The van der Waals surface area contributed by atoms with E-state index in [1.54, 1.807) is 6.07 Å². The fourth-order valence-electron chi connectivity index (χ4n) is 1.50. The number of rotatable bonds is 7. The molecule has 1 N–H and O–H groups in total. The second-order valence-electron chi connectivity index (χ2n) is 4.11. The molecule has 0 amide bonds. The van der Waals surface area contributed by atoms with Crippen molar-refractivity contribution in [2.45, 2.75) is 32.5 Å². The highest BCUT2D eigenvalue weighted by Gasteiger charge is 2.26. The van der Waals surface area contributed by atoms with Crippen LogP contribution in [0.15, 0.2) is 22.7 Å². The van der Waals surface area contributed by atoms with Crippen LogP contribution in [0.3, 0.4) is 0 Å². The molecule has 0 radical (unpaired) electrons. The molecule has 0 saturated heterocycles. The van der Waals surface area contributed by atoms with Crippen LogP contribution in [0.25, 0.3) is 0 Å². The highest BCUT2D eigenvalue weighted by molar-refractivity contribution is 9.10. The molecule has 1 aromatic rings. The third kappa shape index (κ3) is 6.82. The molecule has 0 heterocycles. The molecule has 1 rings (SSSR count). The van der Waals surface area contributed by atoms with E-state index in [1.165, 1.54) is 0 Å². The number of ether oxygens (including phenoxy) is 1. The van der Waals surface area contributed by atoms with E-state index in [0.717, 1.165) is 23.1 Å². The van der Waals surface area contributed by atoms with E-state index in [1.807, 2.05) is 19.1 Å².